The van der Waals surface area contributed by atoms with Gasteiger partial charge in [0.1, 0.15) is 31.0 Å². The molecule has 3 aromatic carbocycles. The van der Waals surface area contributed by atoms with Gasteiger partial charge >= 0.3 is 12.1 Å². The van der Waals surface area contributed by atoms with E-state index >= 15 is 0 Å². The molecule has 3 aromatic rings. The molecule has 0 aromatic heterocycles. The Morgan fingerprint density at radius 2 is 1.29 bits per heavy atom. The number of hydrogen-bond donors (Lipinski definition) is 3. The van der Waals surface area contributed by atoms with Crippen molar-refractivity contribution in [1.82, 2.24) is 10.6 Å². The average molecular weight is 477 g/mol. The van der Waals surface area contributed by atoms with Crippen LogP contribution in [0.4, 0.5) is 4.79 Å². The SMILES string of the molecule is C[C@H](NC(=O)OCc1ccccc1)C(=O)N[C@@H](Cc1ccc(O)cc1)C(=O)OCc1ccccc1. The quantitative estimate of drug-likeness (QED) is 0.386. The fourth-order valence-electron chi connectivity index (χ4n) is 3.19. The van der Waals surface area contributed by atoms with Gasteiger partial charge in [-0.2, -0.15) is 0 Å². The Hall–Kier alpha value is -4.33. The third-order valence-corrected chi connectivity index (χ3v) is 5.14. The minimum atomic E-state index is -1.000. The number of esters is 1. The minimum Gasteiger partial charge on any atom is -0.508 e. The monoisotopic (exact) mass is 476 g/mol. The van der Waals surface area contributed by atoms with Gasteiger partial charge in [-0.25, -0.2) is 9.59 Å². The molecule has 2 amide bonds. The number of phenols is 1. The lowest BCUT2D eigenvalue weighted by atomic mass is 10.1. The lowest BCUT2D eigenvalue weighted by molar-refractivity contribution is -0.149. The Morgan fingerprint density at radius 3 is 1.86 bits per heavy atom. The molecule has 8 nitrogen and oxygen atoms in total. The normalized spacial score (nSPS) is 12.1. The molecule has 0 spiro atoms. The number of amides is 2. The number of ether oxygens (including phenoxy) is 2. The molecular weight excluding hydrogens is 448 g/mol. The zero-order valence-corrected chi connectivity index (χ0v) is 19.3. The predicted octanol–water partition coefficient (Wildman–Crippen LogP) is 3.48. The van der Waals surface area contributed by atoms with Gasteiger partial charge in [-0.3, -0.25) is 4.79 Å². The number of aromatic hydroxyl groups is 1. The van der Waals surface area contributed by atoms with Crippen LogP contribution in [0.3, 0.4) is 0 Å². The van der Waals surface area contributed by atoms with Gasteiger partial charge in [0, 0.05) is 6.42 Å². The molecule has 0 aliphatic rings. The minimum absolute atomic E-state index is 0.0568. The molecule has 0 unspecified atom stereocenters. The van der Waals surface area contributed by atoms with E-state index in [-0.39, 0.29) is 25.4 Å². The maximum atomic E-state index is 12.8. The molecule has 0 aliphatic heterocycles. The van der Waals surface area contributed by atoms with Crippen molar-refractivity contribution >= 4 is 18.0 Å². The van der Waals surface area contributed by atoms with E-state index < -0.39 is 30.1 Å². The van der Waals surface area contributed by atoms with Gasteiger partial charge in [-0.1, -0.05) is 72.8 Å². The van der Waals surface area contributed by atoms with Crippen LogP contribution in [0.1, 0.15) is 23.6 Å². The van der Waals surface area contributed by atoms with Crippen LogP contribution in [0, 0.1) is 0 Å². The standard InChI is InChI=1S/C27H28N2O6/c1-19(28-27(33)35-18-22-10-6-3-7-11-22)25(31)29-24(16-20-12-14-23(30)15-13-20)26(32)34-17-21-8-4-2-5-9-21/h2-15,19,24,30H,16-18H2,1H3,(H,28,33)(H,29,31)/t19-,24-/m0/s1. The summed E-state index contributed by atoms with van der Waals surface area (Å²) in [7, 11) is 0. The van der Waals surface area contributed by atoms with Crippen molar-refractivity contribution in [3.05, 3.63) is 102 Å². The molecule has 3 N–H and O–H groups in total. The van der Waals surface area contributed by atoms with Crippen LogP contribution >= 0.6 is 0 Å². The van der Waals surface area contributed by atoms with Crippen molar-refractivity contribution in [2.75, 3.05) is 0 Å². The van der Waals surface area contributed by atoms with Crippen molar-refractivity contribution in [1.29, 1.82) is 0 Å². The van der Waals surface area contributed by atoms with Gasteiger partial charge in [0.25, 0.3) is 0 Å². The van der Waals surface area contributed by atoms with E-state index in [0.29, 0.717) is 5.56 Å². The zero-order valence-electron chi connectivity index (χ0n) is 19.3. The Morgan fingerprint density at radius 1 is 0.743 bits per heavy atom. The largest absolute Gasteiger partial charge is 0.508 e. The van der Waals surface area contributed by atoms with Gasteiger partial charge in [-0.05, 0) is 35.7 Å². The molecule has 35 heavy (non-hydrogen) atoms. The van der Waals surface area contributed by atoms with E-state index in [1.165, 1.54) is 19.1 Å². The first-order valence-electron chi connectivity index (χ1n) is 11.2. The molecule has 0 radical (unpaired) electrons. The highest BCUT2D eigenvalue weighted by atomic mass is 16.5. The summed E-state index contributed by atoms with van der Waals surface area (Å²) in [6.45, 7) is 1.61. The summed E-state index contributed by atoms with van der Waals surface area (Å²) in [5.74, 6) is -1.09. The maximum absolute atomic E-state index is 12.8. The summed E-state index contributed by atoms with van der Waals surface area (Å²) >= 11 is 0. The van der Waals surface area contributed by atoms with E-state index in [4.69, 9.17) is 9.47 Å². The number of carbonyl (C=O) groups excluding carboxylic acids is 3. The second kappa shape index (κ2) is 12.8. The molecule has 0 bridgehead atoms. The van der Waals surface area contributed by atoms with E-state index in [2.05, 4.69) is 10.6 Å². The maximum Gasteiger partial charge on any atom is 0.408 e. The van der Waals surface area contributed by atoms with Crippen molar-refractivity contribution in [2.24, 2.45) is 0 Å². The van der Waals surface area contributed by atoms with Crippen LogP contribution in [0.5, 0.6) is 5.75 Å². The van der Waals surface area contributed by atoms with Gasteiger partial charge < -0.3 is 25.2 Å². The molecule has 0 saturated carbocycles. The van der Waals surface area contributed by atoms with Gasteiger partial charge in [-0.15, -0.1) is 0 Å². The van der Waals surface area contributed by atoms with Crippen LogP contribution in [0.25, 0.3) is 0 Å². The van der Waals surface area contributed by atoms with Crippen LogP contribution < -0.4 is 10.6 Å². The Kier molecular flexibility index (Phi) is 9.24. The molecule has 3 rings (SSSR count). The summed E-state index contributed by atoms with van der Waals surface area (Å²) in [4.78, 5) is 37.7. The van der Waals surface area contributed by atoms with Crippen molar-refractivity contribution < 1.29 is 29.0 Å². The third kappa shape index (κ3) is 8.51. The molecule has 182 valence electrons. The summed E-state index contributed by atoms with van der Waals surface area (Å²) in [5, 5.41) is 14.6. The van der Waals surface area contributed by atoms with Crippen LogP contribution in [0.2, 0.25) is 0 Å². The number of nitrogens with one attached hydrogen (secondary N) is 2. The number of carbonyl (C=O) groups is 3. The van der Waals surface area contributed by atoms with Crippen LogP contribution in [-0.4, -0.2) is 35.2 Å². The third-order valence-electron chi connectivity index (χ3n) is 5.14. The molecule has 0 saturated heterocycles. The predicted molar refractivity (Wildman–Crippen MR) is 129 cm³/mol. The molecule has 0 aliphatic carbocycles. The fourth-order valence-corrected chi connectivity index (χ4v) is 3.19. The molecule has 0 fully saturated rings. The van der Waals surface area contributed by atoms with Crippen LogP contribution in [-0.2, 0) is 38.7 Å². The average Bonchev–Trinajstić information content (AvgIpc) is 2.88. The number of alkyl carbamates (subject to hydrolysis) is 1. The molecular formula is C27H28N2O6. The smallest absolute Gasteiger partial charge is 0.408 e. The van der Waals surface area contributed by atoms with Gasteiger partial charge in [0.05, 0.1) is 0 Å². The number of benzene rings is 3. The van der Waals surface area contributed by atoms with Crippen LogP contribution in [0.15, 0.2) is 84.9 Å². The van der Waals surface area contributed by atoms with E-state index in [1.807, 2.05) is 60.7 Å². The second-order valence-electron chi connectivity index (χ2n) is 7.95. The van der Waals surface area contributed by atoms with E-state index in [0.717, 1.165) is 11.1 Å². The first kappa shape index (κ1) is 25.3. The second-order valence-corrected chi connectivity index (χ2v) is 7.95. The Balaban J connectivity index is 1.58. The van der Waals surface area contributed by atoms with E-state index in [9.17, 15) is 19.5 Å². The molecule has 2 atom stereocenters. The highest BCUT2D eigenvalue weighted by molar-refractivity contribution is 5.89. The first-order valence-corrected chi connectivity index (χ1v) is 11.2. The number of hydrogen-bond acceptors (Lipinski definition) is 6. The first-order chi connectivity index (χ1) is 16.9. The van der Waals surface area contributed by atoms with Crippen molar-refractivity contribution in [2.45, 2.75) is 38.6 Å². The Bertz CT molecular complexity index is 1100. The number of rotatable bonds is 10. The van der Waals surface area contributed by atoms with Crippen molar-refractivity contribution in [3.8, 4) is 5.75 Å². The topological polar surface area (TPSA) is 114 Å². The molecule has 8 heteroatoms. The summed E-state index contributed by atoms with van der Waals surface area (Å²) in [6.07, 6.45) is -0.608. The fraction of sp³-hybridized carbons (Fsp3) is 0.222. The summed E-state index contributed by atoms with van der Waals surface area (Å²) in [5.41, 5.74) is 2.34. The highest BCUT2D eigenvalue weighted by Crippen LogP contribution is 2.13. The Labute approximate surface area is 203 Å². The molecule has 0 heterocycles. The van der Waals surface area contributed by atoms with E-state index in [1.54, 1.807) is 12.1 Å². The van der Waals surface area contributed by atoms with Crippen molar-refractivity contribution in [3.63, 3.8) is 0 Å². The highest BCUT2D eigenvalue weighted by Gasteiger charge is 2.26. The number of phenolic OH excluding ortho intramolecular Hbond substituents is 1. The van der Waals surface area contributed by atoms with Gasteiger partial charge in [0.2, 0.25) is 5.91 Å². The summed E-state index contributed by atoms with van der Waals surface area (Å²) < 4.78 is 10.6. The zero-order chi connectivity index (χ0) is 25.0. The summed E-state index contributed by atoms with van der Waals surface area (Å²) in [6, 6.07) is 22.7. The van der Waals surface area contributed by atoms with Gasteiger partial charge in [0.15, 0.2) is 0 Å². The lowest BCUT2D eigenvalue weighted by Gasteiger charge is -2.21. The lowest BCUT2D eigenvalue weighted by Crippen LogP contribution is -2.51.